The van der Waals surface area contributed by atoms with E-state index in [-0.39, 0.29) is 11.9 Å². The van der Waals surface area contributed by atoms with Gasteiger partial charge in [0.2, 0.25) is 5.91 Å². The van der Waals surface area contributed by atoms with E-state index in [0.717, 1.165) is 19.4 Å². The maximum Gasteiger partial charge on any atom is 0.224 e. The number of alkyl halides is 1. The highest BCUT2D eigenvalue weighted by atomic mass is 35.5. The number of ether oxygens (including phenoxy) is 1. The molecule has 1 rings (SSSR count). The van der Waals surface area contributed by atoms with Crippen LogP contribution < -0.4 is 0 Å². The van der Waals surface area contributed by atoms with Gasteiger partial charge < -0.3 is 9.64 Å². The number of hydrogen-bond donors (Lipinski definition) is 0. The first-order valence-electron chi connectivity index (χ1n) is 5.72. The molecule has 1 fully saturated rings. The third-order valence-corrected chi connectivity index (χ3v) is 2.96. The Hall–Kier alpha value is -0.280. The number of nitrogens with zero attached hydrogens (tertiary/aromatic N) is 1. The van der Waals surface area contributed by atoms with Crippen LogP contribution in [0.4, 0.5) is 0 Å². The summed E-state index contributed by atoms with van der Waals surface area (Å²) in [6, 6.07) is 0.273. The number of halogens is 1. The lowest BCUT2D eigenvalue weighted by Gasteiger charge is -2.35. The molecule has 0 aromatic rings. The van der Waals surface area contributed by atoms with Crippen LogP contribution in [0, 0.1) is 0 Å². The minimum Gasteiger partial charge on any atom is -0.380 e. The largest absolute Gasteiger partial charge is 0.380 e. The summed E-state index contributed by atoms with van der Waals surface area (Å²) in [6.07, 6.45) is 3.82. The van der Waals surface area contributed by atoms with E-state index in [1.165, 1.54) is 6.42 Å². The first-order chi connectivity index (χ1) is 7.29. The molecular formula is C11H20ClNO2. The Balaban J connectivity index is 2.45. The van der Waals surface area contributed by atoms with Crippen molar-refractivity contribution in [3.05, 3.63) is 0 Å². The van der Waals surface area contributed by atoms with Gasteiger partial charge in [-0.25, -0.2) is 0 Å². The maximum atomic E-state index is 11.8. The average Bonchev–Trinajstić information content (AvgIpc) is 2.27. The van der Waals surface area contributed by atoms with E-state index in [0.29, 0.717) is 25.5 Å². The second kappa shape index (κ2) is 7.07. The van der Waals surface area contributed by atoms with Gasteiger partial charge in [-0.05, 0) is 26.2 Å². The van der Waals surface area contributed by atoms with Gasteiger partial charge in [0.05, 0.1) is 12.6 Å². The molecule has 3 nitrogen and oxygen atoms in total. The average molecular weight is 234 g/mol. The summed E-state index contributed by atoms with van der Waals surface area (Å²) in [5, 5.41) is 0. The molecule has 0 bridgehead atoms. The van der Waals surface area contributed by atoms with E-state index in [4.69, 9.17) is 16.3 Å². The molecular weight excluding hydrogens is 214 g/mol. The van der Waals surface area contributed by atoms with E-state index < -0.39 is 0 Å². The van der Waals surface area contributed by atoms with Crippen molar-refractivity contribution in [1.29, 1.82) is 0 Å². The van der Waals surface area contributed by atoms with Gasteiger partial charge in [-0.1, -0.05) is 0 Å². The number of likely N-dealkylation sites (tertiary alicyclic amines) is 1. The van der Waals surface area contributed by atoms with Gasteiger partial charge in [0.25, 0.3) is 0 Å². The van der Waals surface area contributed by atoms with Crippen molar-refractivity contribution >= 4 is 17.5 Å². The molecule has 4 heteroatoms. The molecule has 15 heavy (non-hydrogen) atoms. The topological polar surface area (TPSA) is 29.5 Å². The van der Waals surface area contributed by atoms with Crippen LogP contribution in [0.25, 0.3) is 0 Å². The van der Waals surface area contributed by atoms with Crippen LogP contribution >= 0.6 is 11.6 Å². The Kier molecular flexibility index (Phi) is 6.03. The smallest absolute Gasteiger partial charge is 0.224 e. The number of carbonyl (C=O) groups is 1. The summed E-state index contributed by atoms with van der Waals surface area (Å²) in [5.74, 6) is 0.589. The van der Waals surface area contributed by atoms with Crippen LogP contribution in [0.5, 0.6) is 0 Å². The molecule has 1 aliphatic heterocycles. The number of rotatable bonds is 5. The van der Waals surface area contributed by atoms with Gasteiger partial charge in [-0.2, -0.15) is 0 Å². The van der Waals surface area contributed by atoms with E-state index in [9.17, 15) is 4.79 Å². The van der Waals surface area contributed by atoms with Crippen LogP contribution in [-0.2, 0) is 9.53 Å². The maximum absolute atomic E-state index is 11.8. The Labute approximate surface area is 96.7 Å². The highest BCUT2D eigenvalue weighted by molar-refractivity contribution is 6.18. The van der Waals surface area contributed by atoms with Crippen molar-refractivity contribution in [2.75, 3.05) is 25.6 Å². The standard InChI is InChI=1S/C11H20ClNO2/c1-2-15-9-10-5-3-4-8-13(10)11(14)6-7-12/h10H,2-9H2,1H3. The van der Waals surface area contributed by atoms with Gasteiger partial charge in [0.15, 0.2) is 0 Å². The molecule has 0 aliphatic carbocycles. The fraction of sp³-hybridized carbons (Fsp3) is 0.909. The molecule has 0 aromatic heterocycles. The molecule has 0 spiro atoms. The Morgan fingerprint density at radius 2 is 2.33 bits per heavy atom. The van der Waals surface area contributed by atoms with Crippen LogP contribution in [0.3, 0.4) is 0 Å². The summed E-state index contributed by atoms with van der Waals surface area (Å²) in [5.41, 5.74) is 0. The van der Waals surface area contributed by atoms with E-state index in [2.05, 4.69) is 0 Å². The molecule has 0 radical (unpaired) electrons. The molecule has 1 atom stereocenters. The van der Waals surface area contributed by atoms with Crippen molar-refractivity contribution in [1.82, 2.24) is 4.90 Å². The lowest BCUT2D eigenvalue weighted by atomic mass is 10.0. The van der Waals surface area contributed by atoms with Gasteiger partial charge in [-0.3, -0.25) is 4.79 Å². The van der Waals surface area contributed by atoms with Crippen molar-refractivity contribution in [2.24, 2.45) is 0 Å². The number of hydrogen-bond acceptors (Lipinski definition) is 2. The van der Waals surface area contributed by atoms with Gasteiger partial charge in [-0.15, -0.1) is 11.6 Å². The fourth-order valence-electron chi connectivity index (χ4n) is 1.98. The molecule has 0 saturated carbocycles. The minimum absolute atomic E-state index is 0.175. The Morgan fingerprint density at radius 3 is 3.00 bits per heavy atom. The lowest BCUT2D eigenvalue weighted by Crippen LogP contribution is -2.46. The number of piperidine rings is 1. The summed E-state index contributed by atoms with van der Waals surface area (Å²) in [4.78, 5) is 13.7. The minimum atomic E-state index is 0.175. The molecule has 1 heterocycles. The highest BCUT2D eigenvalue weighted by Crippen LogP contribution is 2.18. The molecule has 1 unspecified atom stereocenters. The molecule has 1 aliphatic rings. The number of carbonyl (C=O) groups excluding carboxylic acids is 1. The Bertz CT molecular complexity index is 199. The zero-order valence-electron chi connectivity index (χ0n) is 9.38. The van der Waals surface area contributed by atoms with Crippen LogP contribution in [0.15, 0.2) is 0 Å². The van der Waals surface area contributed by atoms with Crippen LogP contribution in [-0.4, -0.2) is 42.5 Å². The second-order valence-corrected chi connectivity index (χ2v) is 4.21. The quantitative estimate of drug-likeness (QED) is 0.680. The highest BCUT2D eigenvalue weighted by Gasteiger charge is 2.25. The first kappa shape index (κ1) is 12.8. The van der Waals surface area contributed by atoms with Crippen molar-refractivity contribution in [2.45, 2.75) is 38.6 Å². The number of amides is 1. The third-order valence-electron chi connectivity index (χ3n) is 2.77. The Morgan fingerprint density at radius 1 is 1.53 bits per heavy atom. The van der Waals surface area contributed by atoms with Gasteiger partial charge in [0, 0.05) is 25.5 Å². The predicted molar refractivity (Wildman–Crippen MR) is 61.2 cm³/mol. The summed E-state index contributed by atoms with van der Waals surface area (Å²) >= 11 is 5.59. The lowest BCUT2D eigenvalue weighted by molar-refractivity contribution is -0.136. The first-order valence-corrected chi connectivity index (χ1v) is 6.26. The van der Waals surface area contributed by atoms with Gasteiger partial charge in [0.1, 0.15) is 0 Å². The predicted octanol–water partition coefficient (Wildman–Crippen LogP) is 2.03. The molecule has 1 saturated heterocycles. The fourth-order valence-corrected chi connectivity index (χ4v) is 2.14. The molecule has 1 amide bonds. The monoisotopic (exact) mass is 233 g/mol. The normalized spacial score (nSPS) is 21.7. The van der Waals surface area contributed by atoms with E-state index in [1.54, 1.807) is 0 Å². The summed E-state index contributed by atoms with van der Waals surface area (Å²) in [6.45, 7) is 4.24. The molecule has 0 aromatic carbocycles. The summed E-state index contributed by atoms with van der Waals surface area (Å²) in [7, 11) is 0. The van der Waals surface area contributed by atoms with Crippen molar-refractivity contribution < 1.29 is 9.53 Å². The van der Waals surface area contributed by atoms with E-state index >= 15 is 0 Å². The molecule has 0 N–H and O–H groups in total. The zero-order chi connectivity index (χ0) is 11.1. The van der Waals surface area contributed by atoms with Crippen molar-refractivity contribution in [3.63, 3.8) is 0 Å². The zero-order valence-corrected chi connectivity index (χ0v) is 10.1. The van der Waals surface area contributed by atoms with E-state index in [1.807, 2.05) is 11.8 Å². The van der Waals surface area contributed by atoms with Crippen LogP contribution in [0.1, 0.15) is 32.6 Å². The SMILES string of the molecule is CCOCC1CCCCN1C(=O)CCCl. The second-order valence-electron chi connectivity index (χ2n) is 3.84. The van der Waals surface area contributed by atoms with Gasteiger partial charge >= 0.3 is 0 Å². The van der Waals surface area contributed by atoms with Crippen LogP contribution in [0.2, 0.25) is 0 Å². The summed E-state index contributed by atoms with van der Waals surface area (Å²) < 4.78 is 5.40. The van der Waals surface area contributed by atoms with Crippen molar-refractivity contribution in [3.8, 4) is 0 Å². The third kappa shape index (κ3) is 3.99. The molecule has 88 valence electrons.